The van der Waals surface area contributed by atoms with Gasteiger partial charge in [0.1, 0.15) is 6.20 Å². The third kappa shape index (κ3) is 3.76. The number of imidazole rings is 1. The highest BCUT2D eigenvalue weighted by Gasteiger charge is 2.20. The molecular weight excluding hydrogens is 268 g/mol. The first-order valence-corrected chi connectivity index (χ1v) is 6.52. The summed E-state index contributed by atoms with van der Waals surface area (Å²) in [6.07, 6.45) is 8.43. The van der Waals surface area contributed by atoms with Gasteiger partial charge in [-0.15, -0.1) is 0 Å². The Balaban J connectivity index is 2.35. The molecule has 0 aliphatic heterocycles. The summed E-state index contributed by atoms with van der Waals surface area (Å²) in [6.45, 7) is 0.353. The van der Waals surface area contributed by atoms with Crippen LogP contribution in [0.15, 0.2) is 43.0 Å². The number of allylic oxidation sites excluding steroid dienone is 1. The molecule has 6 nitrogen and oxygen atoms in total. The van der Waals surface area contributed by atoms with Gasteiger partial charge in [0.2, 0.25) is 11.5 Å². The van der Waals surface area contributed by atoms with E-state index in [1.54, 1.807) is 31.9 Å². The number of hydrogen-bond acceptors (Lipinski definition) is 4. The van der Waals surface area contributed by atoms with E-state index in [9.17, 15) is 4.79 Å². The zero-order valence-electron chi connectivity index (χ0n) is 12.4. The first-order chi connectivity index (χ1) is 10.1. The minimum absolute atomic E-state index is 0.0938. The van der Waals surface area contributed by atoms with Crippen LogP contribution in [0, 0.1) is 0 Å². The molecule has 2 aromatic heterocycles. The molecule has 2 rings (SSSR count). The first-order valence-electron chi connectivity index (χ1n) is 6.52. The Morgan fingerprint density at radius 2 is 2.33 bits per heavy atom. The van der Waals surface area contributed by atoms with Gasteiger partial charge in [-0.2, -0.15) is 0 Å². The minimum Gasteiger partial charge on any atom is -0.383 e. The maximum absolute atomic E-state index is 12.1. The number of rotatable bonds is 6. The summed E-state index contributed by atoms with van der Waals surface area (Å²) >= 11 is 0. The van der Waals surface area contributed by atoms with Crippen molar-refractivity contribution in [3.8, 4) is 11.4 Å². The molecule has 21 heavy (non-hydrogen) atoms. The van der Waals surface area contributed by atoms with Gasteiger partial charge in [-0.3, -0.25) is 9.78 Å². The lowest BCUT2D eigenvalue weighted by Gasteiger charge is -2.01. The molecule has 0 aromatic carbocycles. The molecule has 6 heteroatoms. The van der Waals surface area contributed by atoms with Crippen molar-refractivity contribution in [2.45, 2.75) is 6.73 Å². The van der Waals surface area contributed by atoms with E-state index in [-0.39, 0.29) is 5.78 Å². The van der Waals surface area contributed by atoms with Gasteiger partial charge in [0, 0.05) is 45.9 Å². The molecule has 0 radical (unpaired) electrons. The number of nitrogens with one attached hydrogen (secondary N) is 1. The molecule has 0 bridgehead atoms. The van der Waals surface area contributed by atoms with Crippen molar-refractivity contribution >= 4 is 5.78 Å². The Labute approximate surface area is 123 Å². The summed E-state index contributed by atoms with van der Waals surface area (Å²) in [4.78, 5) is 21.2. The first kappa shape index (κ1) is 14.9. The molecular formula is C15H19N4O2+. The van der Waals surface area contributed by atoms with Gasteiger partial charge >= 0.3 is 0 Å². The lowest BCUT2D eigenvalue weighted by atomic mass is 10.3. The van der Waals surface area contributed by atoms with E-state index < -0.39 is 0 Å². The fourth-order valence-electron chi connectivity index (χ4n) is 1.87. The largest absolute Gasteiger partial charge is 0.383 e. The standard InChI is InChI=1S/C15H18N4O2/c1-18(2)8-6-14(20)13-10-19(11-21-3)15(17-13)12-5-4-7-16-9-12/h4-10H,11H2,1-3H3/p+1/b8-6+. The Kier molecular flexibility index (Phi) is 4.84. The van der Waals surface area contributed by atoms with Crippen LogP contribution in [-0.4, -0.2) is 41.9 Å². The Hall–Kier alpha value is -2.47. The van der Waals surface area contributed by atoms with Crippen molar-refractivity contribution in [1.29, 1.82) is 0 Å². The number of ketones is 1. The van der Waals surface area contributed by atoms with Crippen molar-refractivity contribution < 1.29 is 14.1 Å². The summed E-state index contributed by atoms with van der Waals surface area (Å²) in [6, 6.07) is 3.77. The highest BCUT2D eigenvalue weighted by atomic mass is 16.5. The summed E-state index contributed by atoms with van der Waals surface area (Å²) < 4.78 is 7.01. The van der Waals surface area contributed by atoms with Crippen LogP contribution in [0.4, 0.5) is 0 Å². The fraction of sp³-hybridized carbons (Fsp3) is 0.267. The molecule has 0 unspecified atom stereocenters. The highest BCUT2D eigenvalue weighted by molar-refractivity contribution is 6.02. The molecule has 0 atom stereocenters. The molecule has 0 aliphatic carbocycles. The van der Waals surface area contributed by atoms with Gasteiger partial charge in [0.05, 0.1) is 5.56 Å². The van der Waals surface area contributed by atoms with E-state index in [4.69, 9.17) is 4.74 Å². The average molecular weight is 287 g/mol. The molecule has 110 valence electrons. The van der Waals surface area contributed by atoms with Crippen molar-refractivity contribution in [3.63, 3.8) is 0 Å². The molecule has 0 aliphatic rings. The second-order valence-electron chi connectivity index (χ2n) is 4.79. The van der Waals surface area contributed by atoms with Crippen molar-refractivity contribution in [1.82, 2.24) is 14.9 Å². The van der Waals surface area contributed by atoms with E-state index in [1.165, 1.54) is 6.08 Å². The van der Waals surface area contributed by atoms with Gasteiger partial charge in [-0.05, 0) is 12.1 Å². The van der Waals surface area contributed by atoms with Crippen LogP contribution in [0.5, 0.6) is 0 Å². The van der Waals surface area contributed by atoms with Crippen LogP contribution in [0.2, 0.25) is 0 Å². The monoisotopic (exact) mass is 287 g/mol. The number of carbonyl (C=O) groups excluding carboxylic acids is 1. The second-order valence-corrected chi connectivity index (χ2v) is 4.79. The highest BCUT2D eigenvalue weighted by Crippen LogP contribution is 2.13. The summed E-state index contributed by atoms with van der Waals surface area (Å²) in [5, 5.41) is 0. The SMILES string of the molecule is COC[n+]1cc(C(=O)/C=C/N(C)C)[nH]c1-c1cccnc1. The van der Waals surface area contributed by atoms with E-state index >= 15 is 0 Å². The maximum atomic E-state index is 12.1. The third-order valence-corrected chi connectivity index (χ3v) is 2.82. The Morgan fingerprint density at radius 1 is 1.52 bits per heavy atom. The normalized spacial score (nSPS) is 11.0. The molecule has 2 aromatic rings. The minimum atomic E-state index is -0.0938. The molecule has 1 N–H and O–H groups in total. The van der Waals surface area contributed by atoms with Gasteiger partial charge in [0.25, 0.3) is 5.82 Å². The molecule has 0 saturated carbocycles. The van der Waals surface area contributed by atoms with Crippen LogP contribution < -0.4 is 4.57 Å². The summed E-state index contributed by atoms with van der Waals surface area (Å²) in [7, 11) is 5.34. The number of pyridine rings is 1. The van der Waals surface area contributed by atoms with Crippen molar-refractivity contribution in [2.24, 2.45) is 0 Å². The van der Waals surface area contributed by atoms with E-state index in [0.717, 1.165) is 11.4 Å². The second kappa shape index (κ2) is 6.81. The molecule has 2 heterocycles. The number of aromatic nitrogens is 3. The number of hydrogen-bond donors (Lipinski definition) is 1. The van der Waals surface area contributed by atoms with Crippen LogP contribution >= 0.6 is 0 Å². The molecule has 0 fully saturated rings. The Bertz CT molecular complexity index is 632. The van der Waals surface area contributed by atoms with E-state index in [2.05, 4.69) is 9.97 Å². The topological polar surface area (TPSA) is 62.1 Å². The lowest BCUT2D eigenvalue weighted by Crippen LogP contribution is -2.34. The zero-order valence-corrected chi connectivity index (χ0v) is 12.4. The van der Waals surface area contributed by atoms with E-state index in [1.807, 2.05) is 35.7 Å². The average Bonchev–Trinajstić information content (AvgIpc) is 2.90. The van der Waals surface area contributed by atoms with Crippen LogP contribution in [0.3, 0.4) is 0 Å². The Morgan fingerprint density at radius 3 is 2.95 bits per heavy atom. The molecule has 0 saturated heterocycles. The number of nitrogens with zero attached hydrogens (tertiary/aromatic N) is 3. The number of carbonyl (C=O) groups is 1. The van der Waals surface area contributed by atoms with Crippen molar-refractivity contribution in [3.05, 3.63) is 48.7 Å². The van der Waals surface area contributed by atoms with E-state index in [0.29, 0.717) is 12.4 Å². The predicted octanol–water partition coefficient (Wildman–Crippen LogP) is 1.23. The summed E-state index contributed by atoms with van der Waals surface area (Å²) in [5.41, 5.74) is 1.40. The number of aromatic amines is 1. The van der Waals surface area contributed by atoms with Gasteiger partial charge in [0.15, 0.2) is 6.73 Å². The van der Waals surface area contributed by atoms with Crippen LogP contribution in [0.25, 0.3) is 11.4 Å². The van der Waals surface area contributed by atoms with Gasteiger partial charge < -0.3 is 9.64 Å². The van der Waals surface area contributed by atoms with Gasteiger partial charge in [-0.25, -0.2) is 9.55 Å². The number of methoxy groups -OCH3 is 1. The number of ether oxygens (including phenoxy) is 1. The van der Waals surface area contributed by atoms with Crippen LogP contribution in [-0.2, 0) is 11.5 Å². The molecule has 0 amide bonds. The smallest absolute Gasteiger partial charge is 0.290 e. The number of H-pyrrole nitrogens is 1. The quantitative estimate of drug-likeness (QED) is 0.493. The molecule has 0 spiro atoms. The third-order valence-electron chi connectivity index (χ3n) is 2.82. The lowest BCUT2D eigenvalue weighted by molar-refractivity contribution is -0.720. The zero-order chi connectivity index (χ0) is 15.2. The summed E-state index contributed by atoms with van der Waals surface area (Å²) in [5.74, 6) is 0.690. The van der Waals surface area contributed by atoms with Crippen molar-refractivity contribution in [2.75, 3.05) is 21.2 Å². The van der Waals surface area contributed by atoms with Crippen LogP contribution in [0.1, 0.15) is 10.5 Å². The maximum Gasteiger partial charge on any atom is 0.290 e. The fourth-order valence-corrected chi connectivity index (χ4v) is 1.87. The van der Waals surface area contributed by atoms with Gasteiger partial charge in [-0.1, -0.05) is 0 Å². The predicted molar refractivity (Wildman–Crippen MR) is 78.4 cm³/mol.